The van der Waals surface area contributed by atoms with Crippen molar-refractivity contribution in [3.05, 3.63) is 12.2 Å². The number of rotatable bonds is 15. The van der Waals surface area contributed by atoms with Crippen LogP contribution in [-0.2, 0) is 18.9 Å². The lowest BCUT2D eigenvalue weighted by molar-refractivity contribution is -0.153. The zero-order valence-electron chi connectivity index (χ0n) is 19.4. The van der Waals surface area contributed by atoms with Gasteiger partial charge in [-0.25, -0.2) is 9.59 Å². The summed E-state index contributed by atoms with van der Waals surface area (Å²) in [5.41, 5.74) is 0.599. The van der Waals surface area contributed by atoms with E-state index in [1.807, 2.05) is 0 Å². The fraction of sp³-hybridized carbons (Fsp3) is 0.826. The van der Waals surface area contributed by atoms with Gasteiger partial charge in [0.05, 0.1) is 0 Å². The molecule has 2 N–H and O–H groups in total. The second kappa shape index (κ2) is 14.3. The topological polar surface area (TPSA) is 112 Å². The van der Waals surface area contributed by atoms with Crippen LogP contribution in [0, 0.1) is 17.8 Å². The van der Waals surface area contributed by atoms with Gasteiger partial charge in [0.1, 0.15) is 0 Å². The molecular formula is C23H40O8. The van der Waals surface area contributed by atoms with Gasteiger partial charge in [-0.2, -0.15) is 0 Å². The summed E-state index contributed by atoms with van der Waals surface area (Å²) >= 11 is 0. The summed E-state index contributed by atoms with van der Waals surface area (Å²) in [6.45, 7) is 13.1. The number of hydrogen-bond donors (Lipinski definition) is 2. The van der Waals surface area contributed by atoms with Crippen LogP contribution in [0.5, 0.6) is 0 Å². The molecule has 1 rings (SSSR count). The van der Waals surface area contributed by atoms with Gasteiger partial charge in [0, 0.05) is 0 Å². The summed E-state index contributed by atoms with van der Waals surface area (Å²) < 4.78 is 19.6. The van der Waals surface area contributed by atoms with Crippen molar-refractivity contribution in [1.29, 1.82) is 0 Å². The van der Waals surface area contributed by atoms with Gasteiger partial charge < -0.3 is 29.2 Å². The van der Waals surface area contributed by atoms with E-state index in [9.17, 15) is 9.59 Å². The molecule has 0 spiro atoms. The lowest BCUT2D eigenvalue weighted by Gasteiger charge is -2.16. The molecule has 1 aliphatic rings. The summed E-state index contributed by atoms with van der Waals surface area (Å²) in [5, 5.41) is 17.5. The van der Waals surface area contributed by atoms with Crippen LogP contribution in [0.2, 0.25) is 0 Å². The lowest BCUT2D eigenvalue weighted by Crippen LogP contribution is -2.31. The summed E-state index contributed by atoms with van der Waals surface area (Å²) in [4.78, 5) is 21.5. The molecule has 0 aliphatic carbocycles. The molecule has 8 nitrogen and oxygen atoms in total. The van der Waals surface area contributed by atoms with E-state index in [1.165, 1.54) is 38.5 Å². The molecule has 31 heavy (non-hydrogen) atoms. The van der Waals surface area contributed by atoms with Gasteiger partial charge in [-0.3, -0.25) is 0 Å². The first-order chi connectivity index (χ1) is 14.6. The van der Waals surface area contributed by atoms with E-state index in [0.29, 0.717) is 17.9 Å². The Bertz CT molecular complexity index is 538. The molecule has 0 bridgehead atoms. The zero-order chi connectivity index (χ0) is 23.4. The Balaban J connectivity index is 2.25. The van der Waals surface area contributed by atoms with Crippen LogP contribution >= 0.6 is 0 Å². The minimum atomic E-state index is -1.61. The highest BCUT2D eigenvalue weighted by Crippen LogP contribution is 2.29. The first-order valence-electron chi connectivity index (χ1n) is 11.4. The van der Waals surface area contributed by atoms with E-state index >= 15 is 0 Å². The van der Waals surface area contributed by atoms with E-state index in [0.717, 1.165) is 24.7 Å². The van der Waals surface area contributed by atoms with Gasteiger partial charge in [-0.1, -0.05) is 79.2 Å². The van der Waals surface area contributed by atoms with E-state index in [1.54, 1.807) is 0 Å². The molecule has 0 saturated carbocycles. The van der Waals surface area contributed by atoms with Crippen molar-refractivity contribution in [3.8, 4) is 0 Å². The van der Waals surface area contributed by atoms with Crippen molar-refractivity contribution in [2.24, 2.45) is 17.8 Å². The Hall–Kier alpha value is -1.80. The molecule has 1 saturated heterocycles. The maximum atomic E-state index is 10.7. The second-order valence-electron chi connectivity index (χ2n) is 9.12. The van der Waals surface area contributed by atoms with E-state index in [2.05, 4.69) is 43.7 Å². The molecular weight excluding hydrogens is 404 g/mol. The maximum Gasteiger partial charge on any atom is 0.508 e. The third-order valence-electron chi connectivity index (χ3n) is 5.57. The van der Waals surface area contributed by atoms with Gasteiger partial charge in [0.25, 0.3) is 12.6 Å². The molecule has 0 aromatic rings. The van der Waals surface area contributed by atoms with Crippen molar-refractivity contribution in [1.82, 2.24) is 0 Å². The van der Waals surface area contributed by atoms with Crippen molar-refractivity contribution in [3.63, 3.8) is 0 Å². The molecule has 0 aromatic heterocycles. The predicted octanol–water partition coefficient (Wildman–Crippen LogP) is 6.40. The monoisotopic (exact) mass is 444 g/mol. The van der Waals surface area contributed by atoms with Gasteiger partial charge in [-0.15, -0.1) is 0 Å². The maximum absolute atomic E-state index is 10.7. The fourth-order valence-corrected chi connectivity index (χ4v) is 3.74. The van der Waals surface area contributed by atoms with Gasteiger partial charge in [-0.05, 0) is 36.2 Å². The molecule has 1 heterocycles. The Morgan fingerprint density at radius 3 is 1.65 bits per heavy atom. The fourth-order valence-electron chi connectivity index (χ4n) is 3.74. The van der Waals surface area contributed by atoms with E-state index < -0.39 is 31.2 Å². The molecule has 1 aliphatic heterocycles. The van der Waals surface area contributed by atoms with Gasteiger partial charge >= 0.3 is 12.3 Å². The van der Waals surface area contributed by atoms with Crippen molar-refractivity contribution in [2.45, 2.75) is 104 Å². The quantitative estimate of drug-likeness (QED) is 0.220. The third kappa shape index (κ3) is 12.0. The van der Waals surface area contributed by atoms with Crippen LogP contribution in [0.25, 0.3) is 0 Å². The molecule has 180 valence electrons. The van der Waals surface area contributed by atoms with Crippen LogP contribution < -0.4 is 0 Å². The molecule has 4 atom stereocenters. The summed E-state index contributed by atoms with van der Waals surface area (Å²) in [6.07, 6.45) is 3.07. The Morgan fingerprint density at radius 2 is 1.23 bits per heavy atom. The van der Waals surface area contributed by atoms with Crippen LogP contribution in [-0.4, -0.2) is 41.4 Å². The van der Waals surface area contributed by atoms with Gasteiger partial charge in [0.2, 0.25) is 0 Å². The van der Waals surface area contributed by atoms with Crippen molar-refractivity contribution >= 4 is 12.3 Å². The average molecular weight is 445 g/mol. The highest BCUT2D eigenvalue weighted by molar-refractivity contribution is 5.58. The smallest absolute Gasteiger partial charge is 0.450 e. The molecule has 1 fully saturated rings. The summed E-state index contributed by atoms with van der Waals surface area (Å²) in [6, 6.07) is 0. The first-order valence-corrected chi connectivity index (χ1v) is 11.4. The van der Waals surface area contributed by atoms with Crippen molar-refractivity contribution < 1.29 is 38.7 Å². The highest BCUT2D eigenvalue weighted by atomic mass is 16.9. The minimum Gasteiger partial charge on any atom is -0.450 e. The first kappa shape index (κ1) is 27.2. The molecule has 0 amide bonds. The van der Waals surface area contributed by atoms with Crippen LogP contribution in [0.3, 0.4) is 0 Å². The predicted molar refractivity (Wildman–Crippen MR) is 116 cm³/mol. The number of ether oxygens (including phenoxy) is 4. The molecule has 4 unspecified atom stereocenters. The lowest BCUT2D eigenvalue weighted by atomic mass is 9.91. The molecule has 8 heteroatoms. The Labute approximate surface area is 185 Å². The van der Waals surface area contributed by atoms with Crippen LogP contribution in [0.1, 0.15) is 85.5 Å². The second-order valence-corrected chi connectivity index (χ2v) is 9.12. The SMILES string of the molecule is C=C(CCCC(C)CCCC(C)CCCC(C)C)C1OC(OC(=O)O)C(OC(=O)O)O1. The average Bonchev–Trinajstić information content (AvgIpc) is 3.02. The molecule has 0 aromatic carbocycles. The van der Waals surface area contributed by atoms with Crippen molar-refractivity contribution in [2.75, 3.05) is 0 Å². The number of hydrogen-bond acceptors (Lipinski definition) is 6. The normalized spacial score (nSPS) is 22.8. The number of carboxylic acid groups (broad SMARTS) is 2. The summed E-state index contributed by atoms with van der Waals surface area (Å²) in [5.74, 6) is 2.17. The Kier molecular flexibility index (Phi) is 12.6. The van der Waals surface area contributed by atoms with Crippen LogP contribution in [0.15, 0.2) is 12.2 Å². The number of carbonyl (C=O) groups is 2. The highest BCUT2D eigenvalue weighted by Gasteiger charge is 2.43. The van der Waals surface area contributed by atoms with E-state index in [4.69, 9.17) is 19.7 Å². The zero-order valence-corrected chi connectivity index (χ0v) is 19.4. The largest absolute Gasteiger partial charge is 0.508 e. The third-order valence-corrected chi connectivity index (χ3v) is 5.57. The summed E-state index contributed by atoms with van der Waals surface area (Å²) in [7, 11) is 0. The Morgan fingerprint density at radius 1 is 0.806 bits per heavy atom. The van der Waals surface area contributed by atoms with E-state index in [-0.39, 0.29) is 0 Å². The van der Waals surface area contributed by atoms with Gasteiger partial charge in [0.15, 0.2) is 6.29 Å². The standard InChI is InChI=1S/C23H40O8/c1-15(2)9-6-10-16(3)11-7-12-17(4)13-8-14-18(5)19-28-20(30-22(24)25)21(29-19)31-23(26)27/h15-17,19-21H,5-14H2,1-4H3,(H,24,25)(H,26,27). The molecule has 0 radical (unpaired) electrons. The minimum absolute atomic E-state index is 0.599. The van der Waals surface area contributed by atoms with Crippen LogP contribution in [0.4, 0.5) is 9.59 Å².